The lowest BCUT2D eigenvalue weighted by atomic mass is 9.81. The van der Waals surface area contributed by atoms with Crippen LogP contribution in [0.25, 0.3) is 0 Å². The van der Waals surface area contributed by atoms with E-state index in [4.69, 9.17) is 15.2 Å². The maximum absolute atomic E-state index is 13.3. The smallest absolute Gasteiger partial charge is 0.416 e. The van der Waals surface area contributed by atoms with E-state index < -0.39 is 34.7 Å². The number of esters is 2. The predicted octanol–water partition coefficient (Wildman–Crippen LogP) is 2.54. The minimum Gasteiger partial charge on any atom is -0.463 e. The van der Waals surface area contributed by atoms with Crippen molar-refractivity contribution in [3.63, 3.8) is 0 Å². The average Bonchev–Trinajstić information content (AvgIpc) is 2.72. The summed E-state index contributed by atoms with van der Waals surface area (Å²) in [6, 6.07) is 4.13. The van der Waals surface area contributed by atoms with Gasteiger partial charge in [0.15, 0.2) is 0 Å². The van der Waals surface area contributed by atoms with Crippen LogP contribution in [0.15, 0.2) is 46.9 Å². The topological polar surface area (TPSA) is 143 Å². The van der Waals surface area contributed by atoms with E-state index in [1.165, 1.54) is 19.9 Å². The standard InChI is InChI=1S/C20H22F3N3O7/c1-3-31-19(28)16-15(12-6-4-7-13(10-12)20(21,22)23)14(11(2)25-17(16)24)18(27)32-8-5-9-33-26(29)30/h4,6-7,10,15,25H,3,5,8-9,24H2,1-2H3. The first-order chi connectivity index (χ1) is 15.5. The molecule has 0 bridgehead atoms. The summed E-state index contributed by atoms with van der Waals surface area (Å²) in [6.07, 6.45) is -4.68. The summed E-state index contributed by atoms with van der Waals surface area (Å²) >= 11 is 0. The first kappa shape index (κ1) is 25.5. The maximum atomic E-state index is 13.3. The fourth-order valence-corrected chi connectivity index (χ4v) is 3.23. The number of alkyl halides is 3. The monoisotopic (exact) mass is 473 g/mol. The largest absolute Gasteiger partial charge is 0.463 e. The molecule has 0 radical (unpaired) electrons. The molecule has 1 atom stereocenters. The molecule has 0 saturated carbocycles. The van der Waals surface area contributed by atoms with Crippen LogP contribution in [0.5, 0.6) is 0 Å². The Morgan fingerprint density at radius 2 is 1.85 bits per heavy atom. The number of hydrogen-bond donors (Lipinski definition) is 2. The lowest BCUT2D eigenvalue weighted by Crippen LogP contribution is -2.36. The molecule has 33 heavy (non-hydrogen) atoms. The number of carbonyl (C=O) groups is 2. The van der Waals surface area contributed by atoms with Crippen molar-refractivity contribution < 1.29 is 42.2 Å². The minimum absolute atomic E-state index is 0.0105. The summed E-state index contributed by atoms with van der Waals surface area (Å²) in [5.74, 6) is -3.35. The van der Waals surface area contributed by atoms with Gasteiger partial charge in [0.25, 0.3) is 5.09 Å². The average molecular weight is 473 g/mol. The summed E-state index contributed by atoms with van der Waals surface area (Å²) in [6.45, 7) is 2.35. The Labute approximate surface area is 186 Å². The molecule has 0 amide bonds. The highest BCUT2D eigenvalue weighted by atomic mass is 19.4. The number of allylic oxidation sites excluding steroid dienone is 1. The minimum atomic E-state index is -4.67. The Kier molecular flexibility index (Phi) is 8.26. The molecule has 0 fully saturated rings. The number of rotatable bonds is 9. The number of halogens is 3. The van der Waals surface area contributed by atoms with E-state index in [0.29, 0.717) is 0 Å². The third-order valence-corrected chi connectivity index (χ3v) is 4.57. The molecular formula is C20H22F3N3O7. The first-order valence-corrected chi connectivity index (χ1v) is 9.73. The number of benzene rings is 1. The van der Waals surface area contributed by atoms with Crippen molar-refractivity contribution in [2.45, 2.75) is 32.4 Å². The van der Waals surface area contributed by atoms with E-state index >= 15 is 0 Å². The van der Waals surface area contributed by atoms with E-state index in [0.717, 1.165) is 18.2 Å². The maximum Gasteiger partial charge on any atom is 0.416 e. The van der Waals surface area contributed by atoms with E-state index in [2.05, 4.69) is 10.2 Å². The molecule has 13 heteroatoms. The zero-order valence-corrected chi connectivity index (χ0v) is 17.7. The van der Waals surface area contributed by atoms with Gasteiger partial charge in [-0.25, -0.2) is 9.59 Å². The van der Waals surface area contributed by atoms with Gasteiger partial charge in [0.05, 0.1) is 42.4 Å². The highest BCUT2D eigenvalue weighted by Gasteiger charge is 2.40. The van der Waals surface area contributed by atoms with Gasteiger partial charge in [-0.3, -0.25) is 0 Å². The van der Waals surface area contributed by atoms with E-state index in [-0.39, 0.29) is 54.5 Å². The van der Waals surface area contributed by atoms with Gasteiger partial charge in [0.1, 0.15) is 5.82 Å². The van der Waals surface area contributed by atoms with Gasteiger partial charge in [-0.1, -0.05) is 18.2 Å². The van der Waals surface area contributed by atoms with Gasteiger partial charge in [-0.15, -0.1) is 10.1 Å². The molecule has 1 aliphatic rings. The quantitative estimate of drug-likeness (QED) is 0.239. The molecule has 1 aromatic carbocycles. The van der Waals surface area contributed by atoms with Crippen molar-refractivity contribution in [3.05, 3.63) is 68.2 Å². The number of nitrogens with two attached hydrogens (primary N) is 1. The Morgan fingerprint density at radius 1 is 1.18 bits per heavy atom. The van der Waals surface area contributed by atoms with E-state index in [1.54, 1.807) is 0 Å². The molecule has 3 N–H and O–H groups in total. The van der Waals surface area contributed by atoms with Crippen LogP contribution in [0.1, 0.15) is 37.3 Å². The van der Waals surface area contributed by atoms with Crippen LogP contribution in [0.3, 0.4) is 0 Å². The summed E-state index contributed by atoms with van der Waals surface area (Å²) in [7, 11) is 0. The Bertz CT molecular complexity index is 989. The Hall–Kier alpha value is -3.77. The molecule has 1 unspecified atom stereocenters. The molecule has 1 heterocycles. The Balaban J connectivity index is 2.46. The first-order valence-electron chi connectivity index (χ1n) is 9.73. The van der Waals surface area contributed by atoms with Crippen molar-refractivity contribution in [2.24, 2.45) is 5.73 Å². The summed E-state index contributed by atoms with van der Waals surface area (Å²) in [5, 5.41) is 11.8. The number of carbonyl (C=O) groups excluding carboxylic acids is 2. The zero-order valence-electron chi connectivity index (χ0n) is 17.7. The number of ether oxygens (including phenoxy) is 2. The van der Waals surface area contributed by atoms with Crippen LogP contribution < -0.4 is 11.1 Å². The van der Waals surface area contributed by atoms with Gasteiger partial charge in [0.2, 0.25) is 0 Å². The van der Waals surface area contributed by atoms with E-state index in [1.807, 2.05) is 0 Å². The lowest BCUT2D eigenvalue weighted by molar-refractivity contribution is -0.757. The van der Waals surface area contributed by atoms with Crippen molar-refractivity contribution in [2.75, 3.05) is 19.8 Å². The fourth-order valence-electron chi connectivity index (χ4n) is 3.23. The third kappa shape index (κ3) is 6.37. The number of nitrogens with one attached hydrogen (secondary N) is 1. The van der Waals surface area contributed by atoms with Gasteiger partial charge in [-0.05, 0) is 25.5 Å². The molecule has 180 valence electrons. The van der Waals surface area contributed by atoms with E-state index in [9.17, 15) is 32.9 Å². The van der Waals surface area contributed by atoms with Gasteiger partial charge >= 0.3 is 18.1 Å². The van der Waals surface area contributed by atoms with Crippen molar-refractivity contribution in [1.82, 2.24) is 5.32 Å². The van der Waals surface area contributed by atoms with Crippen LogP contribution >= 0.6 is 0 Å². The van der Waals surface area contributed by atoms with Crippen LogP contribution in [0, 0.1) is 10.1 Å². The van der Waals surface area contributed by atoms with Crippen LogP contribution in [0.4, 0.5) is 13.2 Å². The highest BCUT2D eigenvalue weighted by molar-refractivity contribution is 5.99. The second kappa shape index (κ2) is 10.7. The molecule has 0 aromatic heterocycles. The molecule has 2 rings (SSSR count). The fraction of sp³-hybridized carbons (Fsp3) is 0.400. The number of dihydropyridines is 1. The molecule has 1 aliphatic heterocycles. The predicted molar refractivity (Wildman–Crippen MR) is 106 cm³/mol. The summed E-state index contributed by atoms with van der Waals surface area (Å²) in [4.78, 5) is 39.8. The SMILES string of the molecule is CCOC(=O)C1=C(N)NC(C)=C(C(=O)OCCCO[N+](=O)[O-])C1c1cccc(C(F)(F)F)c1. The molecule has 1 aromatic rings. The van der Waals surface area contributed by atoms with Crippen LogP contribution in [0.2, 0.25) is 0 Å². The number of hydrogen-bond acceptors (Lipinski definition) is 9. The van der Waals surface area contributed by atoms with Crippen LogP contribution in [-0.4, -0.2) is 36.8 Å². The second-order valence-corrected chi connectivity index (χ2v) is 6.81. The van der Waals surface area contributed by atoms with Crippen molar-refractivity contribution >= 4 is 11.9 Å². The zero-order chi connectivity index (χ0) is 24.8. The van der Waals surface area contributed by atoms with Crippen molar-refractivity contribution in [3.8, 4) is 0 Å². The van der Waals surface area contributed by atoms with Gasteiger partial charge < -0.3 is 25.4 Å². The van der Waals surface area contributed by atoms with Crippen molar-refractivity contribution in [1.29, 1.82) is 0 Å². The summed E-state index contributed by atoms with van der Waals surface area (Å²) in [5.41, 5.74) is 4.72. The molecular weight excluding hydrogens is 451 g/mol. The highest BCUT2D eigenvalue weighted by Crippen LogP contribution is 2.40. The summed E-state index contributed by atoms with van der Waals surface area (Å²) < 4.78 is 50.1. The van der Waals surface area contributed by atoms with Gasteiger partial charge in [-0.2, -0.15) is 13.2 Å². The normalized spacial score (nSPS) is 16.2. The lowest BCUT2D eigenvalue weighted by Gasteiger charge is -2.30. The third-order valence-electron chi connectivity index (χ3n) is 4.57. The number of nitrogens with zero attached hydrogens (tertiary/aromatic N) is 1. The molecule has 0 aliphatic carbocycles. The second-order valence-electron chi connectivity index (χ2n) is 6.81. The van der Waals surface area contributed by atoms with Crippen LogP contribution in [-0.2, 0) is 30.1 Å². The Morgan fingerprint density at radius 3 is 2.45 bits per heavy atom. The van der Waals surface area contributed by atoms with Gasteiger partial charge in [0, 0.05) is 12.1 Å². The molecule has 10 nitrogen and oxygen atoms in total. The molecule has 0 spiro atoms. The molecule has 0 saturated heterocycles.